The molecule has 0 N–H and O–H groups in total. The number of nitrogens with zero attached hydrogens (tertiary/aromatic N) is 2. The standard InChI is InChI=1S/C34H74N2/c1-11-35(9,12-2)29-19-27-33(7)25-17-23-31(5)21-15-16-22-32(6)24-18-26-34(8)28-20-30-36(10,13-3)14-4/h31-34H,11-30H2,1-10H3/q+2. The van der Waals surface area contributed by atoms with E-state index in [0.717, 1.165) is 23.7 Å². The van der Waals surface area contributed by atoms with Gasteiger partial charge in [0.05, 0.1) is 53.4 Å². The molecule has 0 heterocycles. The van der Waals surface area contributed by atoms with Crippen molar-refractivity contribution in [3.8, 4) is 0 Å². The van der Waals surface area contributed by atoms with Gasteiger partial charge in [-0.15, -0.1) is 0 Å². The third-order valence-corrected chi connectivity index (χ3v) is 10.3. The molecule has 0 aromatic heterocycles. The number of unbranched alkanes of at least 4 members (excludes halogenated alkanes) is 1. The van der Waals surface area contributed by atoms with E-state index in [4.69, 9.17) is 0 Å². The molecule has 0 radical (unpaired) electrons. The summed E-state index contributed by atoms with van der Waals surface area (Å²) in [6.07, 6.45) is 20.1. The van der Waals surface area contributed by atoms with Crippen LogP contribution in [0.4, 0.5) is 0 Å². The monoisotopic (exact) mass is 511 g/mol. The van der Waals surface area contributed by atoms with E-state index in [9.17, 15) is 0 Å². The number of quaternary nitrogens is 2. The highest BCUT2D eigenvalue weighted by atomic mass is 15.3. The minimum atomic E-state index is 0.912. The summed E-state index contributed by atoms with van der Waals surface area (Å²) in [4.78, 5) is 0. The van der Waals surface area contributed by atoms with E-state index >= 15 is 0 Å². The van der Waals surface area contributed by atoms with E-state index in [1.54, 1.807) is 0 Å². The second-order valence-corrected chi connectivity index (χ2v) is 13.8. The molecular weight excluding hydrogens is 436 g/mol. The van der Waals surface area contributed by atoms with E-state index in [0.29, 0.717) is 0 Å². The van der Waals surface area contributed by atoms with Crippen LogP contribution in [0.3, 0.4) is 0 Å². The number of hydrogen-bond acceptors (Lipinski definition) is 0. The van der Waals surface area contributed by atoms with Crippen molar-refractivity contribution in [2.75, 3.05) is 53.4 Å². The largest absolute Gasteiger partial charge is 0.327 e. The zero-order valence-electron chi connectivity index (χ0n) is 27.3. The van der Waals surface area contributed by atoms with Gasteiger partial charge >= 0.3 is 0 Å². The first kappa shape index (κ1) is 35.9. The van der Waals surface area contributed by atoms with Crippen molar-refractivity contribution >= 4 is 0 Å². The van der Waals surface area contributed by atoms with Crippen LogP contribution < -0.4 is 0 Å². The molecule has 0 spiro atoms. The Bertz CT molecular complexity index is 436. The summed E-state index contributed by atoms with van der Waals surface area (Å²) in [7, 11) is 4.84. The van der Waals surface area contributed by atoms with Crippen molar-refractivity contribution in [2.45, 2.75) is 145 Å². The van der Waals surface area contributed by atoms with Gasteiger partial charge in [-0.25, -0.2) is 0 Å². The van der Waals surface area contributed by atoms with E-state index in [2.05, 4.69) is 69.5 Å². The minimum Gasteiger partial charge on any atom is -0.327 e. The van der Waals surface area contributed by atoms with Gasteiger partial charge in [-0.1, -0.05) is 91.9 Å². The summed E-state index contributed by atoms with van der Waals surface area (Å²) in [5.74, 6) is 3.67. The summed E-state index contributed by atoms with van der Waals surface area (Å²) in [5.41, 5.74) is 0. The van der Waals surface area contributed by atoms with Crippen molar-refractivity contribution in [2.24, 2.45) is 23.7 Å². The molecule has 0 aromatic rings. The molecule has 2 nitrogen and oxygen atoms in total. The Balaban J connectivity index is 3.72. The molecule has 0 aliphatic heterocycles. The second-order valence-electron chi connectivity index (χ2n) is 13.8. The van der Waals surface area contributed by atoms with Crippen LogP contribution in [0.25, 0.3) is 0 Å². The Labute approximate surface area is 231 Å². The molecule has 0 aromatic carbocycles. The molecule has 0 aliphatic carbocycles. The van der Waals surface area contributed by atoms with Gasteiger partial charge in [-0.05, 0) is 77.0 Å². The molecule has 0 fully saturated rings. The lowest BCUT2D eigenvalue weighted by molar-refractivity contribution is -0.906. The zero-order valence-corrected chi connectivity index (χ0v) is 27.3. The first-order valence-corrected chi connectivity index (χ1v) is 16.7. The highest BCUT2D eigenvalue weighted by molar-refractivity contribution is 4.62. The molecule has 0 bridgehead atoms. The molecule has 0 saturated heterocycles. The van der Waals surface area contributed by atoms with Gasteiger partial charge in [0.2, 0.25) is 0 Å². The van der Waals surface area contributed by atoms with E-state index in [-0.39, 0.29) is 0 Å². The van der Waals surface area contributed by atoms with Crippen molar-refractivity contribution in [3.05, 3.63) is 0 Å². The van der Waals surface area contributed by atoms with E-state index in [1.807, 2.05) is 0 Å². The van der Waals surface area contributed by atoms with Gasteiger partial charge in [0.25, 0.3) is 0 Å². The SMILES string of the molecule is CC[N+](C)(CC)CCCC(C)CCCC(C)CCCCC(C)CCCC(C)CCC[N+](C)(CC)CC. The van der Waals surface area contributed by atoms with Gasteiger partial charge in [-0.3, -0.25) is 0 Å². The quantitative estimate of drug-likeness (QED) is 0.0846. The predicted octanol–water partition coefficient (Wildman–Crippen LogP) is 9.96. The lowest BCUT2D eigenvalue weighted by atomic mass is 9.90. The Kier molecular flexibility index (Phi) is 20.8. The molecule has 2 heteroatoms. The Morgan fingerprint density at radius 3 is 0.833 bits per heavy atom. The summed E-state index contributed by atoms with van der Waals surface area (Å²) >= 11 is 0. The lowest BCUT2D eigenvalue weighted by Crippen LogP contribution is -2.44. The number of rotatable bonds is 25. The molecular formula is C34H74N2+2. The Morgan fingerprint density at radius 2 is 0.583 bits per heavy atom. The van der Waals surface area contributed by atoms with E-state index < -0.39 is 0 Å². The van der Waals surface area contributed by atoms with Crippen molar-refractivity contribution in [3.63, 3.8) is 0 Å². The normalized spacial score (nSPS) is 16.2. The molecule has 218 valence electrons. The van der Waals surface area contributed by atoms with Crippen LogP contribution in [0.15, 0.2) is 0 Å². The summed E-state index contributed by atoms with van der Waals surface area (Å²) in [6, 6.07) is 0. The van der Waals surface area contributed by atoms with E-state index in [1.165, 1.54) is 138 Å². The third-order valence-electron chi connectivity index (χ3n) is 10.3. The highest BCUT2D eigenvalue weighted by Crippen LogP contribution is 2.24. The van der Waals surface area contributed by atoms with Crippen LogP contribution in [0.2, 0.25) is 0 Å². The Hall–Kier alpha value is -0.0800. The van der Waals surface area contributed by atoms with Crippen molar-refractivity contribution < 1.29 is 8.97 Å². The first-order valence-electron chi connectivity index (χ1n) is 16.7. The molecule has 0 saturated carbocycles. The van der Waals surface area contributed by atoms with Crippen LogP contribution in [-0.4, -0.2) is 62.3 Å². The van der Waals surface area contributed by atoms with Crippen LogP contribution in [-0.2, 0) is 0 Å². The number of hydrogen-bond donors (Lipinski definition) is 0. The average Bonchev–Trinajstić information content (AvgIpc) is 2.86. The first-order chi connectivity index (χ1) is 17.0. The Morgan fingerprint density at radius 1 is 0.361 bits per heavy atom. The highest BCUT2D eigenvalue weighted by Gasteiger charge is 2.17. The van der Waals surface area contributed by atoms with Gasteiger partial charge in [-0.2, -0.15) is 0 Å². The smallest absolute Gasteiger partial charge is 0.0784 e. The van der Waals surface area contributed by atoms with Crippen LogP contribution in [0, 0.1) is 23.7 Å². The topological polar surface area (TPSA) is 0 Å². The van der Waals surface area contributed by atoms with Gasteiger partial charge in [0.15, 0.2) is 0 Å². The molecule has 4 atom stereocenters. The predicted molar refractivity (Wildman–Crippen MR) is 166 cm³/mol. The van der Waals surface area contributed by atoms with Crippen molar-refractivity contribution in [1.29, 1.82) is 0 Å². The van der Waals surface area contributed by atoms with Crippen LogP contribution >= 0.6 is 0 Å². The summed E-state index contributed by atoms with van der Waals surface area (Å²) < 4.78 is 2.50. The zero-order chi connectivity index (χ0) is 27.5. The molecule has 0 aliphatic rings. The fourth-order valence-electron chi connectivity index (χ4n) is 5.92. The van der Waals surface area contributed by atoms with Gasteiger partial charge in [0.1, 0.15) is 0 Å². The van der Waals surface area contributed by atoms with Gasteiger partial charge in [0, 0.05) is 0 Å². The lowest BCUT2D eigenvalue weighted by Gasteiger charge is -2.32. The molecule has 0 amide bonds. The third kappa shape index (κ3) is 18.2. The van der Waals surface area contributed by atoms with Crippen LogP contribution in [0.5, 0.6) is 0 Å². The minimum absolute atomic E-state index is 0.912. The molecule has 0 rings (SSSR count). The maximum absolute atomic E-state index is 2.50. The second kappa shape index (κ2) is 20.8. The summed E-state index contributed by atoms with van der Waals surface area (Å²) in [6.45, 7) is 27.2. The van der Waals surface area contributed by atoms with Crippen LogP contribution in [0.1, 0.15) is 145 Å². The average molecular weight is 511 g/mol. The molecule has 36 heavy (non-hydrogen) atoms. The summed E-state index contributed by atoms with van der Waals surface area (Å²) in [5, 5.41) is 0. The fourth-order valence-corrected chi connectivity index (χ4v) is 5.92. The maximum atomic E-state index is 2.50. The van der Waals surface area contributed by atoms with Gasteiger partial charge < -0.3 is 8.97 Å². The molecule has 4 unspecified atom stereocenters. The fraction of sp³-hybridized carbons (Fsp3) is 1.00. The van der Waals surface area contributed by atoms with Crippen molar-refractivity contribution in [1.82, 2.24) is 0 Å². The maximum Gasteiger partial charge on any atom is 0.0784 e.